The number of aromatic nitrogens is 2. The van der Waals surface area contributed by atoms with Crippen molar-refractivity contribution in [1.82, 2.24) is 14.9 Å². The van der Waals surface area contributed by atoms with Gasteiger partial charge in [-0.2, -0.15) is 0 Å². The van der Waals surface area contributed by atoms with Crippen LogP contribution >= 0.6 is 0 Å². The second-order valence-corrected chi connectivity index (χ2v) is 9.07. The number of fused-ring (bicyclic) bond motifs is 1. The van der Waals surface area contributed by atoms with Crippen LogP contribution in [0.1, 0.15) is 5.56 Å². The average molecular weight is 580 g/mol. The zero-order valence-electron chi connectivity index (χ0n) is 23.4. The molecular weight excluding hydrogens is 546 g/mol. The lowest BCUT2D eigenvalue weighted by molar-refractivity contribution is -0.159. The molecule has 2 aromatic carbocycles. The number of nitrogens with zero attached hydrogens (tertiary/aromatic N) is 2. The number of carbonyl (C=O) groups is 2. The molecule has 0 amide bonds. The number of carboxylic acids is 2. The second kappa shape index (κ2) is 15.2. The van der Waals surface area contributed by atoms with Crippen LogP contribution in [0.3, 0.4) is 0 Å². The van der Waals surface area contributed by atoms with Crippen molar-refractivity contribution in [3.05, 3.63) is 82.8 Å². The Morgan fingerprint density at radius 1 is 0.976 bits per heavy atom. The van der Waals surface area contributed by atoms with E-state index in [1.807, 2.05) is 48.5 Å². The summed E-state index contributed by atoms with van der Waals surface area (Å²) in [5.41, 5.74) is 3.35. The first-order chi connectivity index (χ1) is 20.1. The molecule has 0 aliphatic carbocycles. The number of hydrogen-bond donors (Lipinski definition) is 4. The first-order valence-corrected chi connectivity index (χ1v) is 12.9. The quantitative estimate of drug-likeness (QED) is 0.152. The number of pyridine rings is 2. The molecule has 4 aromatic rings. The van der Waals surface area contributed by atoms with Crippen LogP contribution in [-0.2, 0) is 23.1 Å². The first-order valence-electron chi connectivity index (χ1n) is 12.9. The summed E-state index contributed by atoms with van der Waals surface area (Å²) in [5, 5.41) is 28.9. The Morgan fingerprint density at radius 2 is 1.67 bits per heavy atom. The topological polar surface area (TPSA) is 169 Å². The molecule has 0 aliphatic rings. The smallest absolute Gasteiger partial charge is 0.414 e. The average Bonchev–Trinajstić information content (AvgIpc) is 3.00. The SMILES string of the molecule is COc1ccc(CCNCC(O)COc2ccc(-c3cc4ncccc4c(=O)n3C)cc2)cc1OC.O=C(O)C(=O)O. The molecule has 12 nitrogen and oxygen atoms in total. The molecule has 222 valence electrons. The third-order valence-electron chi connectivity index (χ3n) is 6.20. The maximum atomic E-state index is 12.7. The van der Waals surface area contributed by atoms with Gasteiger partial charge in [0.15, 0.2) is 11.5 Å². The lowest BCUT2D eigenvalue weighted by Crippen LogP contribution is -2.32. The summed E-state index contributed by atoms with van der Waals surface area (Å²) >= 11 is 0. The molecule has 0 fully saturated rings. The molecule has 2 aromatic heterocycles. The Hall–Kier alpha value is -4.94. The summed E-state index contributed by atoms with van der Waals surface area (Å²) in [7, 11) is 4.99. The molecule has 0 aliphatic heterocycles. The number of hydrogen-bond acceptors (Lipinski definition) is 9. The highest BCUT2D eigenvalue weighted by Gasteiger charge is 2.10. The number of ether oxygens (including phenoxy) is 3. The van der Waals surface area contributed by atoms with Gasteiger partial charge < -0.3 is 39.4 Å². The van der Waals surface area contributed by atoms with Crippen molar-refractivity contribution in [2.24, 2.45) is 7.05 Å². The fourth-order valence-electron chi connectivity index (χ4n) is 4.02. The predicted octanol–water partition coefficient (Wildman–Crippen LogP) is 2.35. The zero-order valence-corrected chi connectivity index (χ0v) is 23.4. The fraction of sp³-hybridized carbons (Fsp3) is 0.267. The Morgan fingerprint density at radius 3 is 2.31 bits per heavy atom. The lowest BCUT2D eigenvalue weighted by atomic mass is 10.1. The van der Waals surface area contributed by atoms with Crippen LogP contribution in [-0.4, -0.2) is 76.8 Å². The summed E-state index contributed by atoms with van der Waals surface area (Å²) in [5.74, 6) is -1.60. The molecular formula is C30H33N3O9. The summed E-state index contributed by atoms with van der Waals surface area (Å²) in [6, 6.07) is 18.7. The highest BCUT2D eigenvalue weighted by molar-refractivity contribution is 6.27. The highest BCUT2D eigenvalue weighted by Crippen LogP contribution is 2.27. The van der Waals surface area contributed by atoms with Gasteiger partial charge in [-0.05, 0) is 78.7 Å². The molecule has 42 heavy (non-hydrogen) atoms. The Kier molecular flexibility index (Phi) is 11.4. The van der Waals surface area contributed by atoms with Gasteiger partial charge in [0.2, 0.25) is 0 Å². The van der Waals surface area contributed by atoms with Gasteiger partial charge in [-0.15, -0.1) is 0 Å². The van der Waals surface area contributed by atoms with E-state index in [-0.39, 0.29) is 12.2 Å². The molecule has 4 rings (SSSR count). The number of methoxy groups -OCH3 is 2. The monoisotopic (exact) mass is 579 g/mol. The van der Waals surface area contributed by atoms with Crippen LogP contribution in [0.2, 0.25) is 0 Å². The van der Waals surface area contributed by atoms with Crippen LogP contribution in [0.25, 0.3) is 22.2 Å². The number of benzene rings is 2. The van der Waals surface area contributed by atoms with Crippen molar-refractivity contribution in [3.8, 4) is 28.5 Å². The van der Waals surface area contributed by atoms with Crippen molar-refractivity contribution < 1.29 is 39.1 Å². The molecule has 0 saturated heterocycles. The van der Waals surface area contributed by atoms with Crippen LogP contribution in [0.4, 0.5) is 0 Å². The number of carboxylic acid groups (broad SMARTS) is 2. The number of aliphatic carboxylic acids is 2. The third kappa shape index (κ3) is 8.53. The lowest BCUT2D eigenvalue weighted by Gasteiger charge is -2.14. The zero-order chi connectivity index (χ0) is 30.6. The predicted molar refractivity (Wildman–Crippen MR) is 155 cm³/mol. The van der Waals surface area contributed by atoms with Gasteiger partial charge in [0.25, 0.3) is 5.56 Å². The van der Waals surface area contributed by atoms with Gasteiger partial charge in [0.1, 0.15) is 18.5 Å². The van der Waals surface area contributed by atoms with E-state index >= 15 is 0 Å². The van der Waals surface area contributed by atoms with E-state index in [4.69, 9.17) is 34.0 Å². The molecule has 0 bridgehead atoms. The van der Waals surface area contributed by atoms with Gasteiger partial charge >= 0.3 is 11.9 Å². The van der Waals surface area contributed by atoms with E-state index in [0.717, 1.165) is 23.2 Å². The van der Waals surface area contributed by atoms with Crippen molar-refractivity contribution >= 4 is 22.8 Å². The number of nitrogens with one attached hydrogen (secondary N) is 1. The van der Waals surface area contributed by atoms with E-state index < -0.39 is 18.0 Å². The molecule has 4 N–H and O–H groups in total. The van der Waals surface area contributed by atoms with E-state index in [2.05, 4.69) is 10.3 Å². The molecule has 0 spiro atoms. The van der Waals surface area contributed by atoms with Crippen molar-refractivity contribution in [1.29, 1.82) is 0 Å². The van der Waals surface area contributed by atoms with E-state index in [0.29, 0.717) is 41.2 Å². The van der Waals surface area contributed by atoms with Crippen molar-refractivity contribution in [3.63, 3.8) is 0 Å². The molecule has 0 radical (unpaired) electrons. The molecule has 2 heterocycles. The fourth-order valence-corrected chi connectivity index (χ4v) is 4.02. The number of aliphatic hydroxyl groups excluding tert-OH is 1. The van der Waals surface area contributed by atoms with Gasteiger partial charge in [-0.25, -0.2) is 9.59 Å². The standard InChI is InChI=1S/C28H31N3O5.C2H2O4/c1-31-25(16-24-23(28(31)33)5-4-13-30-24)20-7-9-22(10-8-20)36-18-21(32)17-29-14-12-19-6-11-26(34-2)27(15-19)35-3;3-1(4)2(5)6/h4-11,13,15-16,21,29,32H,12,14,17-18H2,1-3H3;(H,3,4)(H,5,6). The highest BCUT2D eigenvalue weighted by atomic mass is 16.5. The van der Waals surface area contributed by atoms with E-state index in [1.165, 1.54) is 0 Å². The number of rotatable bonds is 11. The minimum Gasteiger partial charge on any atom is -0.493 e. The van der Waals surface area contributed by atoms with Crippen LogP contribution in [0.15, 0.2) is 71.7 Å². The molecule has 1 atom stereocenters. The van der Waals surface area contributed by atoms with Crippen LogP contribution in [0, 0.1) is 0 Å². The van der Waals surface area contributed by atoms with E-state index in [9.17, 15) is 9.90 Å². The van der Waals surface area contributed by atoms with Gasteiger partial charge in [-0.3, -0.25) is 9.78 Å². The Balaban J connectivity index is 0.000000730. The third-order valence-corrected chi connectivity index (χ3v) is 6.20. The minimum atomic E-state index is -1.82. The summed E-state index contributed by atoms with van der Waals surface area (Å²) < 4.78 is 18.0. The summed E-state index contributed by atoms with van der Waals surface area (Å²) in [6.45, 7) is 1.29. The van der Waals surface area contributed by atoms with Crippen molar-refractivity contribution in [2.45, 2.75) is 12.5 Å². The largest absolute Gasteiger partial charge is 0.493 e. The second-order valence-electron chi connectivity index (χ2n) is 9.07. The molecule has 0 saturated carbocycles. The van der Waals surface area contributed by atoms with E-state index in [1.54, 1.807) is 44.2 Å². The Labute approximate surface area is 241 Å². The normalized spacial score (nSPS) is 11.2. The maximum Gasteiger partial charge on any atom is 0.414 e. The maximum absolute atomic E-state index is 12.7. The molecule has 1 unspecified atom stereocenters. The van der Waals surface area contributed by atoms with Gasteiger partial charge in [0, 0.05) is 19.8 Å². The van der Waals surface area contributed by atoms with Crippen LogP contribution in [0.5, 0.6) is 17.2 Å². The summed E-state index contributed by atoms with van der Waals surface area (Å²) in [6.07, 6.45) is 1.82. The first kappa shape index (κ1) is 31.6. The van der Waals surface area contributed by atoms with Gasteiger partial charge in [-0.1, -0.05) is 6.07 Å². The Bertz CT molecular complexity index is 1560. The van der Waals surface area contributed by atoms with Gasteiger partial charge in [0.05, 0.1) is 30.8 Å². The molecule has 12 heteroatoms. The number of aliphatic hydroxyl groups is 1. The summed E-state index contributed by atoms with van der Waals surface area (Å²) in [4.78, 5) is 35.2. The van der Waals surface area contributed by atoms with Crippen molar-refractivity contribution in [2.75, 3.05) is 33.9 Å². The minimum absolute atomic E-state index is 0.0855. The van der Waals surface area contributed by atoms with Crippen LogP contribution < -0.4 is 25.1 Å².